The molecule has 0 aromatic rings. The zero-order valence-electron chi connectivity index (χ0n) is 9.74. The number of unbranched alkanes of at least 4 members (excludes halogenated alkanes) is 3. The van der Waals surface area contributed by atoms with E-state index < -0.39 is 10.0 Å². The second-order valence-corrected chi connectivity index (χ2v) is 4.95. The first-order chi connectivity index (χ1) is 6.47. The van der Waals surface area contributed by atoms with Gasteiger partial charge in [-0.05, 0) is 19.4 Å². The molecule has 0 aromatic carbocycles. The van der Waals surface area contributed by atoms with Crippen LogP contribution in [0.15, 0.2) is 0 Å². The number of hydrogen-bond acceptors (Lipinski definition) is 3. The highest BCUT2D eigenvalue weighted by atomic mass is 32.2. The topological polar surface area (TPSA) is 86.2 Å². The molecule has 0 unspecified atom stereocenters. The molecule has 0 rings (SSSR count). The molecule has 96 valence electrons. The monoisotopic (exact) mass is 244 g/mol. The molecule has 0 aliphatic carbocycles. The summed E-state index contributed by atoms with van der Waals surface area (Å²) in [6.07, 6.45) is 4.97. The molecule has 0 heterocycles. The molecule has 0 aliphatic heterocycles. The molecule has 0 saturated carbocycles. The molecular weight excluding hydrogens is 219 g/mol. The molecule has 0 amide bonds. The summed E-state index contributed by atoms with van der Waals surface area (Å²) in [6.45, 7) is 4.96. The van der Waals surface area contributed by atoms with Gasteiger partial charge in [-0.25, -0.2) is 13.6 Å². The third kappa shape index (κ3) is 31.6. The van der Waals surface area contributed by atoms with E-state index >= 15 is 0 Å². The van der Waals surface area contributed by atoms with E-state index in [1.807, 2.05) is 0 Å². The first kappa shape index (κ1) is 20.2. The molecule has 0 aromatic heterocycles. The smallest absolute Gasteiger partial charge is 0.209 e. The lowest BCUT2D eigenvalue weighted by atomic mass is 10.2. The van der Waals surface area contributed by atoms with Crippen molar-refractivity contribution in [3.63, 3.8) is 0 Å². The molecule has 0 atom stereocenters. The first-order valence-corrected chi connectivity index (χ1v) is 6.90. The van der Waals surface area contributed by atoms with Crippen LogP contribution in [0.2, 0.25) is 0 Å². The minimum absolute atomic E-state index is 0. The van der Waals surface area contributed by atoms with Crippen molar-refractivity contribution in [3.8, 4) is 0 Å². The van der Waals surface area contributed by atoms with Gasteiger partial charge in [0.05, 0.1) is 5.75 Å². The van der Waals surface area contributed by atoms with Crippen molar-refractivity contribution in [3.05, 3.63) is 0 Å². The Bertz CT molecular complexity index is 194. The minimum Gasteiger partial charge on any atom is -0.330 e. The Balaban J connectivity index is -0.000000249. The average molecular weight is 244 g/mol. The van der Waals surface area contributed by atoms with E-state index in [1.54, 1.807) is 0 Å². The van der Waals surface area contributed by atoms with Crippen LogP contribution in [0.25, 0.3) is 0 Å². The van der Waals surface area contributed by atoms with Gasteiger partial charge in [-0.3, -0.25) is 4.70 Å². The first-order valence-electron chi connectivity index (χ1n) is 5.18. The lowest BCUT2D eigenvalue weighted by Crippen LogP contribution is -2.16. The Morgan fingerprint density at radius 1 is 1.00 bits per heavy atom. The van der Waals surface area contributed by atoms with E-state index in [1.165, 1.54) is 0 Å². The summed E-state index contributed by atoms with van der Waals surface area (Å²) in [5, 5.41) is 4.79. The van der Waals surface area contributed by atoms with Crippen molar-refractivity contribution in [2.75, 3.05) is 12.3 Å². The summed E-state index contributed by atoms with van der Waals surface area (Å²) in [7, 11) is -3.20. The Morgan fingerprint density at radius 2 is 1.47 bits per heavy atom. The highest BCUT2D eigenvalue weighted by Crippen LogP contribution is 1.99. The lowest BCUT2D eigenvalue weighted by Gasteiger charge is -1.96. The maximum absolute atomic E-state index is 10.4. The fraction of sp³-hybridized carbons (Fsp3) is 1.00. The number of rotatable bonds is 6. The summed E-state index contributed by atoms with van der Waals surface area (Å²) in [6, 6.07) is 0. The van der Waals surface area contributed by atoms with Crippen LogP contribution in [0.5, 0.6) is 0 Å². The molecule has 0 saturated heterocycles. The van der Waals surface area contributed by atoms with Gasteiger partial charge in [0.1, 0.15) is 0 Å². The molecular formula is C9H25FN2O2S. The van der Waals surface area contributed by atoms with Crippen LogP contribution in [0.1, 0.15) is 46.0 Å². The molecule has 4 N–H and O–H groups in total. The van der Waals surface area contributed by atoms with E-state index in [9.17, 15) is 8.42 Å². The zero-order valence-corrected chi connectivity index (χ0v) is 10.6. The molecule has 0 spiro atoms. The Kier molecular flexibility index (Phi) is 18.6. The van der Waals surface area contributed by atoms with Crippen LogP contribution in [-0.2, 0) is 10.0 Å². The molecule has 4 nitrogen and oxygen atoms in total. The van der Waals surface area contributed by atoms with Gasteiger partial charge in [0.15, 0.2) is 0 Å². The van der Waals surface area contributed by atoms with Crippen LogP contribution in [0.3, 0.4) is 0 Å². The van der Waals surface area contributed by atoms with Crippen molar-refractivity contribution in [2.45, 2.75) is 46.0 Å². The average Bonchev–Trinajstić information content (AvgIpc) is 2.11. The van der Waals surface area contributed by atoms with E-state index in [0.717, 1.165) is 32.2 Å². The zero-order chi connectivity index (χ0) is 11.4. The number of nitrogens with two attached hydrogens (primary N) is 2. The fourth-order valence-electron chi connectivity index (χ4n) is 0.730. The van der Waals surface area contributed by atoms with Gasteiger partial charge < -0.3 is 5.73 Å². The van der Waals surface area contributed by atoms with Crippen molar-refractivity contribution in [1.29, 1.82) is 0 Å². The molecule has 0 bridgehead atoms. The Hall–Kier alpha value is -0.200. The Labute approximate surface area is 92.8 Å². The van der Waals surface area contributed by atoms with Gasteiger partial charge >= 0.3 is 0 Å². The van der Waals surface area contributed by atoms with Crippen LogP contribution in [-0.4, -0.2) is 20.7 Å². The van der Waals surface area contributed by atoms with Gasteiger partial charge in [0, 0.05) is 0 Å². The standard InChI is InChI=1S/C6H15NO2S.C3H9N.FH/c1-2-3-4-5-6-10(7,8)9;1-2-3-4;/h2-6H2,1H3,(H2,7,8,9);2-4H2,1H3;1H. The molecule has 0 fully saturated rings. The molecule has 6 heteroatoms. The maximum Gasteiger partial charge on any atom is 0.209 e. The molecule has 0 radical (unpaired) electrons. The van der Waals surface area contributed by atoms with Gasteiger partial charge in [0.25, 0.3) is 0 Å². The predicted octanol–water partition coefficient (Wildman–Crippen LogP) is 1.36. The van der Waals surface area contributed by atoms with Crippen LogP contribution >= 0.6 is 0 Å². The van der Waals surface area contributed by atoms with Crippen LogP contribution in [0.4, 0.5) is 4.70 Å². The number of sulfonamides is 1. The fourth-order valence-corrected chi connectivity index (χ4v) is 1.34. The third-order valence-electron chi connectivity index (χ3n) is 1.57. The number of halogens is 1. The van der Waals surface area contributed by atoms with Crippen molar-refractivity contribution < 1.29 is 13.1 Å². The summed E-state index contributed by atoms with van der Waals surface area (Å²) >= 11 is 0. The number of hydrogen-bond donors (Lipinski definition) is 2. The highest BCUT2D eigenvalue weighted by molar-refractivity contribution is 7.89. The normalized spacial score (nSPS) is 9.87. The van der Waals surface area contributed by atoms with Crippen LogP contribution < -0.4 is 10.9 Å². The van der Waals surface area contributed by atoms with Crippen molar-refractivity contribution in [2.24, 2.45) is 10.9 Å². The predicted molar refractivity (Wildman–Crippen MR) is 64.0 cm³/mol. The second-order valence-electron chi connectivity index (χ2n) is 3.22. The minimum atomic E-state index is -3.20. The third-order valence-corrected chi connectivity index (χ3v) is 2.43. The highest BCUT2D eigenvalue weighted by Gasteiger charge is 1.99. The van der Waals surface area contributed by atoms with Gasteiger partial charge in [-0.15, -0.1) is 0 Å². The number of primary sulfonamides is 1. The van der Waals surface area contributed by atoms with Crippen molar-refractivity contribution >= 4 is 10.0 Å². The van der Waals surface area contributed by atoms with E-state index in [2.05, 4.69) is 13.8 Å². The summed E-state index contributed by atoms with van der Waals surface area (Å²) < 4.78 is 20.7. The van der Waals surface area contributed by atoms with E-state index in [4.69, 9.17) is 10.9 Å². The Morgan fingerprint density at radius 3 is 1.73 bits per heavy atom. The largest absolute Gasteiger partial charge is 0.330 e. The van der Waals surface area contributed by atoms with E-state index in [-0.39, 0.29) is 10.5 Å². The molecule has 15 heavy (non-hydrogen) atoms. The maximum atomic E-state index is 10.4. The van der Waals surface area contributed by atoms with Gasteiger partial charge in [0.2, 0.25) is 10.0 Å². The van der Waals surface area contributed by atoms with Crippen LogP contribution in [0, 0.1) is 0 Å². The SMILES string of the molecule is CCCCCCS(N)(=O)=O.CCCN.F. The van der Waals surface area contributed by atoms with Gasteiger partial charge in [-0.2, -0.15) is 0 Å². The van der Waals surface area contributed by atoms with Crippen molar-refractivity contribution in [1.82, 2.24) is 0 Å². The lowest BCUT2D eigenvalue weighted by molar-refractivity contribution is 0.590. The summed E-state index contributed by atoms with van der Waals surface area (Å²) in [4.78, 5) is 0. The quantitative estimate of drug-likeness (QED) is 0.692. The summed E-state index contributed by atoms with van der Waals surface area (Å²) in [5.41, 5.74) is 5.03. The summed E-state index contributed by atoms with van der Waals surface area (Å²) in [5.74, 6) is 0.132. The molecule has 0 aliphatic rings. The van der Waals surface area contributed by atoms with Gasteiger partial charge in [-0.1, -0.05) is 33.1 Å². The second kappa shape index (κ2) is 13.8. The van der Waals surface area contributed by atoms with E-state index in [0.29, 0.717) is 6.42 Å².